The Kier molecular flexibility index (Phi) is 6.26. The van der Waals surface area contributed by atoms with E-state index in [0.29, 0.717) is 18.6 Å². The first-order valence-electron chi connectivity index (χ1n) is 11.0. The van der Waals surface area contributed by atoms with Gasteiger partial charge in [0.05, 0.1) is 6.04 Å². The minimum absolute atomic E-state index is 0.161. The number of likely N-dealkylation sites (tertiary alicyclic amines) is 1. The molecule has 1 aromatic heterocycles. The molecule has 0 aliphatic carbocycles. The number of pyridine rings is 1. The van der Waals surface area contributed by atoms with Crippen molar-refractivity contribution >= 4 is 5.91 Å². The van der Waals surface area contributed by atoms with Crippen LogP contribution in [0, 0.1) is 0 Å². The van der Waals surface area contributed by atoms with Gasteiger partial charge in [-0.15, -0.1) is 0 Å². The van der Waals surface area contributed by atoms with Gasteiger partial charge < -0.3 is 10.0 Å². The molecule has 0 spiro atoms. The summed E-state index contributed by atoms with van der Waals surface area (Å²) in [6.45, 7) is 13.5. The number of aromatic nitrogens is 1. The second-order valence-electron chi connectivity index (χ2n) is 10.6. The van der Waals surface area contributed by atoms with Gasteiger partial charge >= 0.3 is 0 Å². The van der Waals surface area contributed by atoms with E-state index in [1.165, 1.54) is 5.56 Å². The van der Waals surface area contributed by atoms with Crippen molar-refractivity contribution in [3.8, 4) is 5.75 Å². The lowest BCUT2D eigenvalue weighted by Crippen LogP contribution is -2.30. The molecule has 1 aliphatic rings. The Morgan fingerprint density at radius 3 is 2.17 bits per heavy atom. The molecule has 30 heavy (non-hydrogen) atoms. The fourth-order valence-corrected chi connectivity index (χ4v) is 4.37. The maximum Gasteiger partial charge on any atom is 0.223 e. The number of aromatic hydroxyl groups is 1. The zero-order valence-electron chi connectivity index (χ0n) is 19.3. The summed E-state index contributed by atoms with van der Waals surface area (Å²) in [4.78, 5) is 19.2. The van der Waals surface area contributed by atoms with Gasteiger partial charge in [0, 0.05) is 25.4 Å². The van der Waals surface area contributed by atoms with Crippen LogP contribution < -0.4 is 0 Å². The van der Waals surface area contributed by atoms with Gasteiger partial charge in [0.15, 0.2) is 0 Å². The van der Waals surface area contributed by atoms with Gasteiger partial charge in [0.1, 0.15) is 5.75 Å². The van der Waals surface area contributed by atoms with Crippen LogP contribution >= 0.6 is 0 Å². The third-order valence-corrected chi connectivity index (χ3v) is 6.08. The number of hydrogen-bond donors (Lipinski definition) is 1. The van der Waals surface area contributed by atoms with E-state index >= 15 is 0 Å². The van der Waals surface area contributed by atoms with E-state index in [4.69, 9.17) is 0 Å². The smallest absolute Gasteiger partial charge is 0.223 e. The second-order valence-corrected chi connectivity index (χ2v) is 10.6. The first kappa shape index (κ1) is 22.3. The highest BCUT2D eigenvalue weighted by Gasteiger charge is 2.30. The molecule has 4 nitrogen and oxygen atoms in total. The molecule has 1 aliphatic heterocycles. The summed E-state index contributed by atoms with van der Waals surface area (Å²) in [5.41, 5.74) is 3.87. The molecule has 1 amide bonds. The van der Waals surface area contributed by atoms with E-state index in [9.17, 15) is 9.90 Å². The number of hydrogen-bond acceptors (Lipinski definition) is 3. The van der Waals surface area contributed by atoms with Crippen molar-refractivity contribution in [3.05, 3.63) is 58.9 Å². The number of benzene rings is 1. The highest BCUT2D eigenvalue weighted by atomic mass is 16.3. The molecule has 2 aromatic rings. The van der Waals surface area contributed by atoms with Crippen molar-refractivity contribution in [1.82, 2.24) is 9.88 Å². The quantitative estimate of drug-likeness (QED) is 0.708. The summed E-state index contributed by atoms with van der Waals surface area (Å²) in [5.74, 6) is 0.597. The minimum Gasteiger partial charge on any atom is -0.507 e. The topological polar surface area (TPSA) is 53.4 Å². The largest absolute Gasteiger partial charge is 0.507 e. The molecule has 0 bridgehead atoms. The van der Waals surface area contributed by atoms with E-state index in [0.717, 1.165) is 36.1 Å². The van der Waals surface area contributed by atoms with Crippen LogP contribution in [0.1, 0.15) is 89.1 Å². The van der Waals surface area contributed by atoms with Gasteiger partial charge in [0.25, 0.3) is 0 Å². The lowest BCUT2D eigenvalue weighted by atomic mass is 9.78. The van der Waals surface area contributed by atoms with Crippen LogP contribution in [0.3, 0.4) is 0 Å². The predicted octanol–water partition coefficient (Wildman–Crippen LogP) is 5.68. The number of carbonyl (C=O) groups is 1. The Balaban J connectivity index is 1.80. The monoisotopic (exact) mass is 408 g/mol. The number of amides is 1. The Morgan fingerprint density at radius 1 is 1.07 bits per heavy atom. The number of rotatable bonds is 4. The van der Waals surface area contributed by atoms with Crippen LogP contribution in [-0.2, 0) is 22.0 Å². The molecule has 1 saturated heterocycles. The zero-order valence-corrected chi connectivity index (χ0v) is 19.3. The standard InChI is InChI=1S/C26H36N2O2/c1-25(2,3)20-16-18(17-21(24(20)30)26(4,5)6)9-10-23(29)28-15-7-8-22(28)19-11-13-27-14-12-19/h11-14,16-17,22,30H,7-10,15H2,1-6H3. The molecule has 1 atom stereocenters. The zero-order chi connectivity index (χ0) is 22.1. The molecule has 4 heteroatoms. The van der Waals surface area contributed by atoms with Crippen molar-refractivity contribution in [1.29, 1.82) is 0 Å². The Bertz CT molecular complexity index is 856. The van der Waals surface area contributed by atoms with Crippen molar-refractivity contribution < 1.29 is 9.90 Å². The van der Waals surface area contributed by atoms with Crippen LogP contribution in [0.15, 0.2) is 36.7 Å². The Hall–Kier alpha value is -2.36. The summed E-state index contributed by atoms with van der Waals surface area (Å²) >= 11 is 0. The second kappa shape index (κ2) is 8.41. The molecular formula is C26H36N2O2. The summed E-state index contributed by atoms with van der Waals surface area (Å²) in [6.07, 6.45) is 6.82. The van der Waals surface area contributed by atoms with Crippen LogP contribution in [0.5, 0.6) is 5.75 Å². The number of aryl methyl sites for hydroxylation is 1. The molecule has 2 heterocycles. The predicted molar refractivity (Wildman–Crippen MR) is 122 cm³/mol. The Labute approximate surface area is 181 Å². The van der Waals surface area contributed by atoms with Crippen LogP contribution in [0.4, 0.5) is 0 Å². The Morgan fingerprint density at radius 2 is 1.63 bits per heavy atom. The van der Waals surface area contributed by atoms with Crippen molar-refractivity contribution in [2.45, 2.75) is 84.1 Å². The van der Waals surface area contributed by atoms with E-state index in [-0.39, 0.29) is 22.8 Å². The number of phenolic OH excluding ortho intramolecular Hbond substituents is 1. The summed E-state index contributed by atoms with van der Waals surface area (Å²) < 4.78 is 0. The highest BCUT2D eigenvalue weighted by molar-refractivity contribution is 5.77. The van der Waals surface area contributed by atoms with Gasteiger partial charge in [-0.25, -0.2) is 0 Å². The third-order valence-electron chi connectivity index (χ3n) is 6.08. The molecular weight excluding hydrogens is 372 g/mol. The van der Waals surface area contributed by atoms with Crippen molar-refractivity contribution in [2.75, 3.05) is 6.54 Å². The fraction of sp³-hybridized carbons (Fsp3) is 0.538. The maximum absolute atomic E-state index is 13.1. The molecule has 3 rings (SSSR count). The third kappa shape index (κ3) is 4.85. The normalized spacial score (nSPS) is 17.4. The van der Waals surface area contributed by atoms with Gasteiger partial charge in [-0.05, 0) is 64.5 Å². The molecule has 1 fully saturated rings. The maximum atomic E-state index is 13.1. The lowest BCUT2D eigenvalue weighted by Gasteiger charge is -2.28. The molecule has 1 aromatic carbocycles. The van der Waals surface area contributed by atoms with Gasteiger partial charge in [-0.2, -0.15) is 0 Å². The molecule has 0 saturated carbocycles. The molecule has 162 valence electrons. The van der Waals surface area contributed by atoms with E-state index in [2.05, 4.69) is 58.7 Å². The SMILES string of the molecule is CC(C)(C)c1cc(CCC(=O)N2CCCC2c2ccncc2)cc(C(C)(C)C)c1O. The summed E-state index contributed by atoms with van der Waals surface area (Å²) in [6, 6.07) is 8.36. The average molecular weight is 409 g/mol. The van der Waals surface area contributed by atoms with Crippen molar-refractivity contribution in [3.63, 3.8) is 0 Å². The number of nitrogens with zero attached hydrogens (tertiary/aromatic N) is 2. The minimum atomic E-state index is -0.161. The lowest BCUT2D eigenvalue weighted by molar-refractivity contribution is -0.132. The first-order chi connectivity index (χ1) is 14.0. The van der Waals surface area contributed by atoms with Gasteiger partial charge in [-0.1, -0.05) is 53.7 Å². The highest BCUT2D eigenvalue weighted by Crippen LogP contribution is 2.40. The average Bonchev–Trinajstić information content (AvgIpc) is 3.15. The molecule has 1 N–H and O–H groups in total. The number of phenols is 1. The molecule has 1 unspecified atom stereocenters. The van der Waals surface area contributed by atoms with Gasteiger partial charge in [0.2, 0.25) is 5.91 Å². The molecule has 0 radical (unpaired) electrons. The van der Waals surface area contributed by atoms with Gasteiger partial charge in [-0.3, -0.25) is 9.78 Å². The summed E-state index contributed by atoms with van der Waals surface area (Å²) in [7, 11) is 0. The van der Waals surface area contributed by atoms with Crippen LogP contribution in [0.2, 0.25) is 0 Å². The van der Waals surface area contributed by atoms with E-state index in [1.807, 2.05) is 17.0 Å². The van der Waals surface area contributed by atoms with Crippen LogP contribution in [-0.4, -0.2) is 27.4 Å². The fourth-order valence-electron chi connectivity index (χ4n) is 4.37. The summed E-state index contributed by atoms with van der Waals surface area (Å²) in [5, 5.41) is 10.9. The van der Waals surface area contributed by atoms with E-state index < -0.39 is 0 Å². The van der Waals surface area contributed by atoms with Crippen LogP contribution in [0.25, 0.3) is 0 Å². The van der Waals surface area contributed by atoms with Crippen molar-refractivity contribution in [2.24, 2.45) is 0 Å². The first-order valence-corrected chi connectivity index (χ1v) is 11.0. The number of carbonyl (C=O) groups excluding carboxylic acids is 1. The van der Waals surface area contributed by atoms with E-state index in [1.54, 1.807) is 12.4 Å².